The molecule has 380 valence electrons. The summed E-state index contributed by atoms with van der Waals surface area (Å²) in [5.74, 6) is -4.98. The van der Waals surface area contributed by atoms with Crippen LogP contribution in [0.3, 0.4) is 0 Å². The summed E-state index contributed by atoms with van der Waals surface area (Å²) in [5.41, 5.74) is 6.01. The van der Waals surface area contributed by atoms with E-state index >= 15 is 0 Å². The van der Waals surface area contributed by atoms with Gasteiger partial charge in [0.2, 0.25) is 5.91 Å². The smallest absolute Gasteiger partial charge is 0.308 e. The summed E-state index contributed by atoms with van der Waals surface area (Å²) in [4.78, 5) is 26.1. The number of ether oxygens (including phenoxy) is 4. The maximum Gasteiger partial charge on any atom is 0.308 e. The second kappa shape index (κ2) is 30.2. The first kappa shape index (κ1) is 57.9. The lowest BCUT2D eigenvalue weighted by molar-refractivity contribution is -0.304. The van der Waals surface area contributed by atoms with Gasteiger partial charge in [-0.1, -0.05) is 105 Å². The van der Waals surface area contributed by atoms with Gasteiger partial charge in [-0.05, 0) is 32.6 Å². The summed E-state index contributed by atoms with van der Waals surface area (Å²) in [5, 5.41) is 111. The van der Waals surface area contributed by atoms with Gasteiger partial charge in [-0.15, -0.1) is 0 Å². The third-order valence-electron chi connectivity index (χ3n) is 11.9. The average Bonchev–Trinajstić information content (AvgIpc) is 3.24. The van der Waals surface area contributed by atoms with Gasteiger partial charge in [-0.3, -0.25) is 9.59 Å². The van der Waals surface area contributed by atoms with Crippen LogP contribution in [0, 0.1) is 11.8 Å². The number of allylic oxidation sites excluding steroid dienone is 12. The largest absolute Gasteiger partial charge is 0.462 e. The lowest BCUT2D eigenvalue weighted by Crippen LogP contribution is -2.59. The molecule has 1 amide bonds. The van der Waals surface area contributed by atoms with Crippen molar-refractivity contribution in [2.45, 2.75) is 183 Å². The van der Waals surface area contributed by atoms with Crippen molar-refractivity contribution in [2.75, 3.05) is 13.2 Å². The first-order valence-electron chi connectivity index (χ1n) is 23.5. The molecule has 0 saturated carbocycles. The molecule has 8 unspecified atom stereocenters. The highest BCUT2D eigenvalue weighted by Gasteiger charge is 2.50. The standard InChI is InChI=1S/C49H78N2O16/c1-4-5-22-51-47(62)44-40(58)29-49(63)28-35(54)25-39(57)37(55)21-20-33(52)24-34(53)26-43(60)65-32(3)23-38(56)31(2)18-16-14-12-10-8-6-7-9-11-13-15-17-19-36(27-42(44)67-49)66-48-46(61)45(50)41(59)30-64-48/h6-19,31-42,44-46,48,52-59,61,63H,4-5,20-30,50H2,1-3H3,(H,51,62)/b7-6+,10-8+,11-9+,14-12+,15-13+,18-16+,19-17+/t31-,32-,33?,34?,35?,36?,37?,38-,39?,40-,41+,42-,44?,45-,46-,48-,49?/m0/s1. The minimum Gasteiger partial charge on any atom is -0.462 e. The molecule has 0 aliphatic carbocycles. The maximum atomic E-state index is 13.6. The van der Waals surface area contributed by atoms with E-state index in [1.165, 1.54) is 0 Å². The number of hydrogen-bond donors (Lipinski definition) is 12. The van der Waals surface area contributed by atoms with Gasteiger partial charge in [0.05, 0.1) is 86.0 Å². The fourth-order valence-corrected chi connectivity index (χ4v) is 8.02. The van der Waals surface area contributed by atoms with E-state index in [1.54, 1.807) is 55.5 Å². The number of aliphatic hydroxyl groups excluding tert-OH is 9. The fourth-order valence-electron chi connectivity index (χ4n) is 8.02. The van der Waals surface area contributed by atoms with E-state index in [4.69, 9.17) is 24.7 Å². The first-order chi connectivity index (χ1) is 31.8. The lowest BCUT2D eigenvalue weighted by Gasteiger charge is -2.45. The number of carbonyl (C=O) groups excluding carboxylic acids is 2. The zero-order chi connectivity index (χ0) is 49.5. The number of rotatable bonds is 6. The number of nitrogens with one attached hydrogen (secondary N) is 1. The van der Waals surface area contributed by atoms with Crippen LogP contribution >= 0.6 is 0 Å². The van der Waals surface area contributed by atoms with Crippen molar-refractivity contribution in [3.05, 3.63) is 85.1 Å². The molecule has 0 aromatic rings. The minimum absolute atomic E-state index is 0.0841. The highest BCUT2D eigenvalue weighted by molar-refractivity contribution is 5.80. The van der Waals surface area contributed by atoms with Gasteiger partial charge in [0.25, 0.3) is 0 Å². The van der Waals surface area contributed by atoms with E-state index in [2.05, 4.69) is 5.32 Å². The van der Waals surface area contributed by atoms with Crippen molar-refractivity contribution < 1.29 is 79.6 Å². The molecule has 2 fully saturated rings. The monoisotopic (exact) mass is 951 g/mol. The SMILES string of the molecule is CCCCNC(=O)C1[C@@H]2CC(O[C@@H]3OC[C@@H](O)[C@H](N)[C@@H]3O)/C=C/C=C/C=C/C=C/C=C/C=C/C=C/[C@H](C)[C@@H](O)C[C@H](C)OC(=O)CC(O)CC(O)CCC(O)C(O)CC(O)CC(O)(C[C@@H]1O)O2. The third-order valence-corrected chi connectivity index (χ3v) is 11.9. The Labute approximate surface area is 394 Å². The maximum absolute atomic E-state index is 13.6. The first-order valence-corrected chi connectivity index (χ1v) is 23.5. The van der Waals surface area contributed by atoms with Crippen LogP contribution in [0.25, 0.3) is 0 Å². The molecule has 0 radical (unpaired) electrons. The molecular weight excluding hydrogens is 873 g/mol. The van der Waals surface area contributed by atoms with Crippen molar-refractivity contribution in [3.63, 3.8) is 0 Å². The molecule has 18 heteroatoms. The van der Waals surface area contributed by atoms with E-state index in [0.717, 1.165) is 6.42 Å². The van der Waals surface area contributed by atoms with Crippen LogP contribution in [-0.4, -0.2) is 167 Å². The molecule has 0 spiro atoms. The molecule has 2 saturated heterocycles. The van der Waals surface area contributed by atoms with Gasteiger partial charge in [0.15, 0.2) is 12.1 Å². The Morgan fingerprint density at radius 2 is 1.34 bits per heavy atom. The molecular formula is C49H78N2O16. The number of carbonyl (C=O) groups is 2. The number of cyclic esters (lactones) is 1. The lowest BCUT2D eigenvalue weighted by atomic mass is 9.82. The van der Waals surface area contributed by atoms with E-state index < -0.39 is 135 Å². The van der Waals surface area contributed by atoms with Crippen molar-refractivity contribution in [1.82, 2.24) is 5.32 Å². The van der Waals surface area contributed by atoms with E-state index in [0.29, 0.717) is 13.0 Å². The minimum atomic E-state index is -2.24. The van der Waals surface area contributed by atoms with Crippen molar-refractivity contribution in [3.8, 4) is 0 Å². The van der Waals surface area contributed by atoms with Crippen LogP contribution in [0.1, 0.15) is 91.4 Å². The van der Waals surface area contributed by atoms with Crippen LogP contribution < -0.4 is 11.1 Å². The molecule has 67 heavy (non-hydrogen) atoms. The van der Waals surface area contributed by atoms with Crippen LogP contribution in [-0.2, 0) is 28.5 Å². The molecule has 0 aromatic carbocycles. The average molecular weight is 951 g/mol. The Balaban J connectivity index is 1.89. The predicted octanol–water partition coefficient (Wildman–Crippen LogP) is 0.909. The summed E-state index contributed by atoms with van der Waals surface area (Å²) < 4.78 is 23.3. The highest BCUT2D eigenvalue weighted by atomic mass is 16.7. The van der Waals surface area contributed by atoms with Crippen molar-refractivity contribution in [2.24, 2.45) is 17.6 Å². The molecule has 2 bridgehead atoms. The molecule has 3 rings (SSSR count). The zero-order valence-electron chi connectivity index (χ0n) is 39.0. The number of esters is 1. The summed E-state index contributed by atoms with van der Waals surface area (Å²) in [6.07, 6.45) is 7.71. The normalized spacial score (nSPS) is 42.2. The Kier molecular flexibility index (Phi) is 26.1. The Hall–Kier alpha value is -3.44. The molecule has 3 heterocycles. The molecule has 3 aliphatic heterocycles. The predicted molar refractivity (Wildman–Crippen MR) is 248 cm³/mol. The Morgan fingerprint density at radius 3 is 1.97 bits per heavy atom. The number of hydrogen-bond acceptors (Lipinski definition) is 17. The van der Waals surface area contributed by atoms with E-state index in [-0.39, 0.29) is 44.6 Å². The van der Waals surface area contributed by atoms with Gasteiger partial charge in [-0.2, -0.15) is 0 Å². The molecule has 17 atom stereocenters. The topological polar surface area (TPSA) is 311 Å². The van der Waals surface area contributed by atoms with Crippen LogP contribution in [0.15, 0.2) is 85.1 Å². The molecule has 0 aromatic heterocycles. The van der Waals surface area contributed by atoms with Crippen LogP contribution in [0.4, 0.5) is 0 Å². The van der Waals surface area contributed by atoms with Gasteiger partial charge in [0.1, 0.15) is 12.2 Å². The Morgan fingerprint density at radius 1 is 0.731 bits per heavy atom. The van der Waals surface area contributed by atoms with Crippen LogP contribution in [0.2, 0.25) is 0 Å². The number of amides is 1. The summed E-state index contributed by atoms with van der Waals surface area (Å²) in [7, 11) is 0. The molecule has 3 aliphatic rings. The van der Waals surface area contributed by atoms with Crippen molar-refractivity contribution >= 4 is 11.9 Å². The Bertz CT molecular complexity index is 1670. The van der Waals surface area contributed by atoms with E-state index in [9.17, 15) is 60.7 Å². The van der Waals surface area contributed by atoms with Crippen LogP contribution in [0.5, 0.6) is 0 Å². The fraction of sp³-hybridized carbons (Fsp3) is 0.673. The second-order valence-corrected chi connectivity index (χ2v) is 18.0. The van der Waals surface area contributed by atoms with Gasteiger partial charge < -0.3 is 81.1 Å². The van der Waals surface area contributed by atoms with Crippen molar-refractivity contribution in [1.29, 1.82) is 0 Å². The summed E-state index contributed by atoms with van der Waals surface area (Å²) in [6.45, 7) is 5.49. The van der Waals surface area contributed by atoms with Gasteiger partial charge in [0, 0.05) is 44.6 Å². The molecule has 13 N–H and O–H groups in total. The number of aliphatic hydroxyl groups is 10. The third kappa shape index (κ3) is 21.4. The molecule has 18 nitrogen and oxygen atoms in total. The summed E-state index contributed by atoms with van der Waals surface area (Å²) >= 11 is 0. The number of unbranched alkanes of at least 4 members (excludes halogenated alkanes) is 1. The van der Waals surface area contributed by atoms with E-state index in [1.807, 2.05) is 50.3 Å². The number of fused-ring (bicyclic) bond motifs is 2. The number of nitrogens with two attached hydrogens (primary N) is 1. The quantitative estimate of drug-likeness (QED) is 0.130. The van der Waals surface area contributed by atoms with Gasteiger partial charge in [-0.25, -0.2) is 0 Å². The summed E-state index contributed by atoms with van der Waals surface area (Å²) in [6, 6.07) is -1.10. The zero-order valence-corrected chi connectivity index (χ0v) is 39.0. The highest BCUT2D eigenvalue weighted by Crippen LogP contribution is 2.38. The van der Waals surface area contributed by atoms with Gasteiger partial charge >= 0.3 is 5.97 Å². The second-order valence-electron chi connectivity index (χ2n) is 18.0.